The zero-order valence-corrected chi connectivity index (χ0v) is 15.9. The highest BCUT2D eigenvalue weighted by Crippen LogP contribution is 2.24. The summed E-state index contributed by atoms with van der Waals surface area (Å²) in [5.41, 5.74) is 3.03. The van der Waals surface area contributed by atoms with Crippen LogP contribution in [0.2, 0.25) is 0 Å². The molecule has 0 aliphatic carbocycles. The van der Waals surface area contributed by atoms with Crippen molar-refractivity contribution < 1.29 is 14.3 Å². The number of hydrogen-bond donors (Lipinski definition) is 2. The molecule has 0 bridgehead atoms. The monoisotopic (exact) mass is 354 g/mol. The highest BCUT2D eigenvalue weighted by atomic mass is 16.5. The lowest BCUT2D eigenvalue weighted by molar-refractivity contribution is -0.122. The number of hydrogen-bond acceptors (Lipinski definition) is 3. The standard InChI is InChI=1S/C21H26N2O3/c1-13(2)22-21(25)17-10-7-11-18(12-17)23-20(24)16(5)26-19-14(3)8-6-9-15(19)4/h6-13,16H,1-5H3,(H,22,25)(H,23,24). The molecule has 0 saturated carbocycles. The summed E-state index contributed by atoms with van der Waals surface area (Å²) >= 11 is 0. The first kappa shape index (κ1) is 19.5. The molecule has 138 valence electrons. The topological polar surface area (TPSA) is 67.4 Å². The third-order valence-electron chi connectivity index (χ3n) is 3.88. The first-order chi connectivity index (χ1) is 12.3. The van der Waals surface area contributed by atoms with E-state index < -0.39 is 6.10 Å². The summed E-state index contributed by atoms with van der Waals surface area (Å²) in [6.07, 6.45) is -0.664. The molecular formula is C21H26N2O3. The summed E-state index contributed by atoms with van der Waals surface area (Å²) in [6, 6.07) is 12.7. The van der Waals surface area contributed by atoms with Gasteiger partial charge in [0.2, 0.25) is 0 Å². The van der Waals surface area contributed by atoms with E-state index in [1.165, 1.54) is 0 Å². The second-order valence-electron chi connectivity index (χ2n) is 6.68. The Balaban J connectivity index is 2.06. The average molecular weight is 354 g/mol. The predicted octanol–water partition coefficient (Wildman–Crippen LogP) is 3.85. The second kappa shape index (κ2) is 8.52. The molecule has 2 rings (SSSR count). The van der Waals surface area contributed by atoms with E-state index in [4.69, 9.17) is 4.74 Å². The second-order valence-corrected chi connectivity index (χ2v) is 6.68. The van der Waals surface area contributed by atoms with Gasteiger partial charge in [0.1, 0.15) is 5.75 Å². The highest BCUT2D eigenvalue weighted by Gasteiger charge is 2.17. The van der Waals surface area contributed by atoms with E-state index in [2.05, 4.69) is 10.6 Å². The van der Waals surface area contributed by atoms with Gasteiger partial charge in [-0.2, -0.15) is 0 Å². The Morgan fingerprint density at radius 1 is 0.962 bits per heavy atom. The lowest BCUT2D eigenvalue weighted by atomic mass is 10.1. The quantitative estimate of drug-likeness (QED) is 0.828. The third kappa shape index (κ3) is 5.09. The molecule has 1 unspecified atom stereocenters. The molecule has 0 aromatic heterocycles. The third-order valence-corrected chi connectivity index (χ3v) is 3.88. The van der Waals surface area contributed by atoms with Gasteiger partial charge in [-0.3, -0.25) is 9.59 Å². The van der Waals surface area contributed by atoms with E-state index >= 15 is 0 Å². The molecule has 1 atom stereocenters. The van der Waals surface area contributed by atoms with Crippen molar-refractivity contribution in [3.05, 3.63) is 59.2 Å². The SMILES string of the molecule is Cc1cccc(C)c1OC(C)C(=O)Nc1cccc(C(=O)NC(C)C)c1. The Kier molecular flexibility index (Phi) is 6.39. The maximum atomic E-state index is 12.5. The molecule has 2 aromatic rings. The molecule has 2 aromatic carbocycles. The number of para-hydroxylation sites is 1. The lowest BCUT2D eigenvalue weighted by Gasteiger charge is -2.18. The van der Waals surface area contributed by atoms with Gasteiger partial charge in [0.05, 0.1) is 0 Å². The van der Waals surface area contributed by atoms with Crippen molar-refractivity contribution in [1.29, 1.82) is 0 Å². The van der Waals surface area contributed by atoms with E-state index in [1.807, 2.05) is 45.9 Å². The Morgan fingerprint density at radius 2 is 1.58 bits per heavy atom. The molecule has 0 saturated heterocycles. The van der Waals surface area contributed by atoms with Crippen LogP contribution in [0.3, 0.4) is 0 Å². The molecule has 5 nitrogen and oxygen atoms in total. The number of nitrogens with one attached hydrogen (secondary N) is 2. The highest BCUT2D eigenvalue weighted by molar-refractivity contribution is 5.98. The van der Waals surface area contributed by atoms with Crippen LogP contribution in [0.5, 0.6) is 5.75 Å². The van der Waals surface area contributed by atoms with Crippen molar-refractivity contribution in [1.82, 2.24) is 5.32 Å². The molecule has 0 aliphatic rings. The molecule has 26 heavy (non-hydrogen) atoms. The van der Waals surface area contributed by atoms with E-state index in [0.29, 0.717) is 11.3 Å². The number of rotatable bonds is 6. The van der Waals surface area contributed by atoms with Gasteiger partial charge in [0.25, 0.3) is 11.8 Å². The number of carbonyl (C=O) groups is 2. The maximum Gasteiger partial charge on any atom is 0.265 e. The predicted molar refractivity (Wildman–Crippen MR) is 104 cm³/mol. The van der Waals surface area contributed by atoms with Crippen LogP contribution >= 0.6 is 0 Å². The van der Waals surface area contributed by atoms with Gasteiger partial charge in [-0.15, -0.1) is 0 Å². The molecule has 2 N–H and O–H groups in total. The Labute approximate surface area is 154 Å². The van der Waals surface area contributed by atoms with Crippen LogP contribution < -0.4 is 15.4 Å². The number of ether oxygens (including phenoxy) is 1. The summed E-state index contributed by atoms with van der Waals surface area (Å²) in [5, 5.41) is 5.64. The summed E-state index contributed by atoms with van der Waals surface area (Å²) in [7, 11) is 0. The van der Waals surface area contributed by atoms with Crippen LogP contribution in [0.1, 0.15) is 42.3 Å². The van der Waals surface area contributed by atoms with E-state index in [9.17, 15) is 9.59 Å². The Morgan fingerprint density at radius 3 is 2.19 bits per heavy atom. The molecular weight excluding hydrogens is 328 g/mol. The number of anilines is 1. The van der Waals surface area contributed by atoms with Crippen molar-refractivity contribution >= 4 is 17.5 Å². The van der Waals surface area contributed by atoms with Gasteiger partial charge in [-0.25, -0.2) is 0 Å². The number of amides is 2. The number of carbonyl (C=O) groups excluding carboxylic acids is 2. The smallest absolute Gasteiger partial charge is 0.265 e. The lowest BCUT2D eigenvalue weighted by Crippen LogP contribution is -2.31. The van der Waals surface area contributed by atoms with E-state index in [1.54, 1.807) is 31.2 Å². The largest absolute Gasteiger partial charge is 0.480 e. The average Bonchev–Trinajstić information content (AvgIpc) is 2.57. The molecule has 2 amide bonds. The minimum Gasteiger partial charge on any atom is -0.480 e. The van der Waals surface area contributed by atoms with Crippen molar-refractivity contribution in [2.45, 2.75) is 46.8 Å². The molecule has 0 heterocycles. The Hall–Kier alpha value is -2.82. The Bertz CT molecular complexity index is 779. The molecule has 5 heteroatoms. The van der Waals surface area contributed by atoms with Gasteiger partial charge in [-0.05, 0) is 63.9 Å². The van der Waals surface area contributed by atoms with Crippen molar-refractivity contribution in [2.24, 2.45) is 0 Å². The zero-order valence-electron chi connectivity index (χ0n) is 15.9. The fraction of sp³-hybridized carbons (Fsp3) is 0.333. The van der Waals surface area contributed by atoms with Crippen LogP contribution in [0.4, 0.5) is 5.69 Å². The van der Waals surface area contributed by atoms with Gasteiger partial charge in [0.15, 0.2) is 6.10 Å². The normalized spacial score (nSPS) is 11.8. The van der Waals surface area contributed by atoms with E-state index in [0.717, 1.165) is 16.9 Å². The fourth-order valence-corrected chi connectivity index (χ4v) is 2.54. The summed E-state index contributed by atoms with van der Waals surface area (Å²) in [6.45, 7) is 9.40. The number of aryl methyl sites for hydroxylation is 2. The van der Waals surface area contributed by atoms with E-state index in [-0.39, 0.29) is 17.9 Å². The molecule has 0 aliphatic heterocycles. The van der Waals surface area contributed by atoms with Crippen LogP contribution in [-0.4, -0.2) is 24.0 Å². The minimum absolute atomic E-state index is 0.0477. The van der Waals surface area contributed by atoms with Crippen LogP contribution in [0, 0.1) is 13.8 Å². The van der Waals surface area contributed by atoms with Crippen LogP contribution in [-0.2, 0) is 4.79 Å². The maximum absolute atomic E-state index is 12.5. The molecule has 0 radical (unpaired) electrons. The van der Waals surface area contributed by atoms with Gasteiger partial charge < -0.3 is 15.4 Å². The summed E-state index contributed by atoms with van der Waals surface area (Å²) in [5.74, 6) is 0.283. The molecule has 0 fully saturated rings. The first-order valence-corrected chi connectivity index (χ1v) is 8.72. The van der Waals surface area contributed by atoms with Crippen molar-refractivity contribution in [2.75, 3.05) is 5.32 Å². The fourth-order valence-electron chi connectivity index (χ4n) is 2.54. The first-order valence-electron chi connectivity index (χ1n) is 8.72. The minimum atomic E-state index is -0.664. The van der Waals surface area contributed by atoms with Crippen LogP contribution in [0.15, 0.2) is 42.5 Å². The summed E-state index contributed by atoms with van der Waals surface area (Å²) < 4.78 is 5.85. The van der Waals surface area contributed by atoms with Gasteiger partial charge in [-0.1, -0.05) is 24.3 Å². The van der Waals surface area contributed by atoms with Crippen molar-refractivity contribution in [3.63, 3.8) is 0 Å². The summed E-state index contributed by atoms with van der Waals surface area (Å²) in [4.78, 5) is 24.6. The number of benzene rings is 2. The zero-order chi connectivity index (χ0) is 19.3. The van der Waals surface area contributed by atoms with Gasteiger partial charge >= 0.3 is 0 Å². The van der Waals surface area contributed by atoms with Crippen LogP contribution in [0.25, 0.3) is 0 Å². The van der Waals surface area contributed by atoms with Crippen molar-refractivity contribution in [3.8, 4) is 5.75 Å². The van der Waals surface area contributed by atoms with Gasteiger partial charge in [0, 0.05) is 17.3 Å². The molecule has 0 spiro atoms.